The predicted octanol–water partition coefficient (Wildman–Crippen LogP) is 12.0. The quantitative estimate of drug-likeness (QED) is 0.186. The van der Waals surface area contributed by atoms with Crippen molar-refractivity contribution in [3.8, 4) is 45.3 Å². The summed E-state index contributed by atoms with van der Waals surface area (Å²) in [4.78, 5) is 18.5. The van der Waals surface area contributed by atoms with Gasteiger partial charge in [0.15, 0.2) is 17.5 Å². The van der Waals surface area contributed by atoms with E-state index in [-0.39, 0.29) is 0 Å². The van der Waals surface area contributed by atoms with Crippen LogP contribution in [-0.4, -0.2) is 15.0 Å². The lowest BCUT2D eigenvalue weighted by Crippen LogP contribution is -2.31. The summed E-state index contributed by atoms with van der Waals surface area (Å²) in [6.45, 7) is 0. The fraction of sp³-hybridized carbons (Fsp3) is 0.0208. The van der Waals surface area contributed by atoms with Gasteiger partial charge in [0.05, 0.1) is 5.41 Å². The molecule has 11 rings (SSSR count). The van der Waals surface area contributed by atoms with E-state index in [1.54, 1.807) is 0 Å². The minimum atomic E-state index is -0.479. The zero-order chi connectivity index (χ0) is 34.2. The molecule has 0 fully saturated rings. The van der Waals surface area contributed by atoms with Crippen molar-refractivity contribution in [3.05, 3.63) is 198 Å². The molecule has 0 radical (unpaired) electrons. The van der Waals surface area contributed by atoms with Gasteiger partial charge in [-0.05, 0) is 73.1 Å². The fourth-order valence-electron chi connectivity index (χ4n) is 8.58. The van der Waals surface area contributed by atoms with E-state index in [1.807, 2.05) is 11.8 Å². The van der Waals surface area contributed by atoms with Gasteiger partial charge in [-0.3, -0.25) is 0 Å². The van der Waals surface area contributed by atoms with Crippen LogP contribution < -0.4 is 0 Å². The molecule has 8 aromatic carbocycles. The topological polar surface area (TPSA) is 38.7 Å². The van der Waals surface area contributed by atoms with Crippen molar-refractivity contribution < 1.29 is 0 Å². The molecule has 0 unspecified atom stereocenters. The van der Waals surface area contributed by atoms with E-state index in [0.717, 1.165) is 32.8 Å². The Morgan fingerprint density at radius 3 is 1.71 bits per heavy atom. The standard InChI is InChI=1S/C48H29N3S/c1-2-15-32-29-33(28-27-30(32)13-1)45-49-46(35-19-11-16-31-14-3-4-17-34(31)35)51-47(50-45)37-20-12-24-41-44(37)36-18-5-6-21-38(36)48(41)39-22-7-9-25-42(39)52-43-26-10-8-23-40(43)48/h1-29H. The Balaban J connectivity index is 1.22. The van der Waals surface area contributed by atoms with E-state index in [0.29, 0.717) is 17.5 Å². The summed E-state index contributed by atoms with van der Waals surface area (Å²) >= 11 is 1.86. The molecule has 242 valence electrons. The van der Waals surface area contributed by atoms with Gasteiger partial charge in [-0.25, -0.2) is 15.0 Å². The number of fused-ring (bicyclic) bond motifs is 11. The van der Waals surface area contributed by atoms with Crippen LogP contribution in [0.25, 0.3) is 66.8 Å². The fourth-order valence-corrected chi connectivity index (χ4v) is 9.78. The summed E-state index contributed by atoms with van der Waals surface area (Å²) in [6, 6.07) is 63.2. The Bertz CT molecular complexity index is 2860. The molecule has 0 N–H and O–H groups in total. The van der Waals surface area contributed by atoms with E-state index in [2.05, 4.69) is 176 Å². The molecular weight excluding hydrogens is 651 g/mol. The molecule has 9 aromatic rings. The number of hydrogen-bond donors (Lipinski definition) is 0. The highest BCUT2D eigenvalue weighted by Gasteiger charge is 2.50. The summed E-state index contributed by atoms with van der Waals surface area (Å²) in [6.07, 6.45) is 0. The average molecular weight is 680 g/mol. The van der Waals surface area contributed by atoms with Gasteiger partial charge >= 0.3 is 0 Å². The van der Waals surface area contributed by atoms with Crippen molar-refractivity contribution >= 4 is 33.3 Å². The third-order valence-electron chi connectivity index (χ3n) is 10.8. The van der Waals surface area contributed by atoms with E-state index >= 15 is 0 Å². The van der Waals surface area contributed by atoms with Crippen molar-refractivity contribution in [1.82, 2.24) is 15.0 Å². The van der Waals surface area contributed by atoms with E-state index < -0.39 is 5.41 Å². The Kier molecular flexibility index (Phi) is 6.40. The Labute approximate surface area is 305 Å². The van der Waals surface area contributed by atoms with Crippen LogP contribution >= 0.6 is 11.8 Å². The van der Waals surface area contributed by atoms with Crippen LogP contribution in [-0.2, 0) is 5.41 Å². The van der Waals surface area contributed by atoms with Crippen molar-refractivity contribution in [1.29, 1.82) is 0 Å². The van der Waals surface area contributed by atoms with Crippen LogP contribution in [0.2, 0.25) is 0 Å². The van der Waals surface area contributed by atoms with Gasteiger partial charge < -0.3 is 0 Å². The van der Waals surface area contributed by atoms with Crippen LogP contribution in [0.15, 0.2) is 186 Å². The van der Waals surface area contributed by atoms with E-state index in [1.165, 1.54) is 48.6 Å². The third-order valence-corrected chi connectivity index (χ3v) is 11.9. The van der Waals surface area contributed by atoms with Crippen molar-refractivity contribution in [2.75, 3.05) is 0 Å². The molecule has 0 bridgehead atoms. The first-order valence-corrected chi connectivity index (χ1v) is 18.4. The minimum Gasteiger partial charge on any atom is -0.208 e. The number of aromatic nitrogens is 3. The number of rotatable bonds is 3. The highest BCUT2D eigenvalue weighted by molar-refractivity contribution is 7.99. The lowest BCUT2D eigenvalue weighted by atomic mass is 9.67. The third kappa shape index (κ3) is 4.19. The largest absolute Gasteiger partial charge is 0.208 e. The van der Waals surface area contributed by atoms with Crippen molar-refractivity contribution in [2.45, 2.75) is 15.2 Å². The molecule has 0 atom stereocenters. The molecule has 0 saturated heterocycles. The van der Waals surface area contributed by atoms with Crippen LogP contribution in [0.3, 0.4) is 0 Å². The highest BCUT2D eigenvalue weighted by atomic mass is 32.2. The van der Waals surface area contributed by atoms with E-state index in [9.17, 15) is 0 Å². The monoisotopic (exact) mass is 679 g/mol. The zero-order valence-electron chi connectivity index (χ0n) is 28.0. The zero-order valence-corrected chi connectivity index (χ0v) is 28.8. The first kappa shape index (κ1) is 29.4. The maximum atomic E-state index is 5.36. The normalized spacial score (nSPS) is 13.5. The van der Waals surface area contributed by atoms with Crippen LogP contribution in [0.5, 0.6) is 0 Å². The molecule has 1 aliphatic carbocycles. The molecule has 1 aliphatic heterocycles. The second kappa shape index (κ2) is 11.3. The number of nitrogens with zero attached hydrogens (tertiary/aromatic N) is 3. The van der Waals surface area contributed by atoms with Crippen LogP contribution in [0.4, 0.5) is 0 Å². The average Bonchev–Trinajstić information content (AvgIpc) is 3.51. The molecule has 0 saturated carbocycles. The molecule has 4 heteroatoms. The number of hydrogen-bond acceptors (Lipinski definition) is 4. The molecule has 2 heterocycles. The number of benzene rings is 8. The molecule has 1 spiro atoms. The van der Waals surface area contributed by atoms with Crippen LogP contribution in [0, 0.1) is 0 Å². The lowest BCUT2D eigenvalue weighted by Gasteiger charge is -2.39. The molecule has 2 aliphatic rings. The van der Waals surface area contributed by atoms with Crippen molar-refractivity contribution in [3.63, 3.8) is 0 Å². The van der Waals surface area contributed by atoms with Crippen molar-refractivity contribution in [2.24, 2.45) is 0 Å². The Morgan fingerprint density at radius 2 is 0.904 bits per heavy atom. The van der Waals surface area contributed by atoms with Gasteiger partial charge in [-0.1, -0.05) is 169 Å². The smallest absolute Gasteiger partial charge is 0.164 e. The summed E-state index contributed by atoms with van der Waals surface area (Å²) in [5, 5.41) is 4.60. The lowest BCUT2D eigenvalue weighted by molar-refractivity contribution is 0.722. The Morgan fingerprint density at radius 1 is 0.365 bits per heavy atom. The molecular formula is C48H29N3S. The molecule has 52 heavy (non-hydrogen) atoms. The second-order valence-electron chi connectivity index (χ2n) is 13.5. The highest BCUT2D eigenvalue weighted by Crippen LogP contribution is 2.63. The second-order valence-corrected chi connectivity index (χ2v) is 14.6. The first-order valence-electron chi connectivity index (χ1n) is 17.6. The summed E-state index contributed by atoms with van der Waals surface area (Å²) in [5.74, 6) is 1.98. The van der Waals surface area contributed by atoms with Gasteiger partial charge in [0.2, 0.25) is 0 Å². The summed E-state index contributed by atoms with van der Waals surface area (Å²) in [5.41, 5.74) is 10.0. The van der Waals surface area contributed by atoms with E-state index in [4.69, 9.17) is 15.0 Å². The van der Waals surface area contributed by atoms with Gasteiger partial charge in [0.25, 0.3) is 0 Å². The van der Waals surface area contributed by atoms with Gasteiger partial charge in [-0.2, -0.15) is 0 Å². The Hall–Kier alpha value is -6.36. The molecule has 0 amide bonds. The molecule has 3 nitrogen and oxygen atoms in total. The summed E-state index contributed by atoms with van der Waals surface area (Å²) < 4.78 is 0. The predicted molar refractivity (Wildman–Crippen MR) is 213 cm³/mol. The molecule has 1 aromatic heterocycles. The first-order chi connectivity index (χ1) is 25.8. The maximum Gasteiger partial charge on any atom is 0.164 e. The van der Waals surface area contributed by atoms with Gasteiger partial charge in [0, 0.05) is 26.5 Å². The van der Waals surface area contributed by atoms with Crippen LogP contribution in [0.1, 0.15) is 22.3 Å². The minimum absolute atomic E-state index is 0.479. The van der Waals surface area contributed by atoms with Gasteiger partial charge in [0.1, 0.15) is 0 Å². The van der Waals surface area contributed by atoms with Gasteiger partial charge in [-0.15, -0.1) is 0 Å². The summed E-state index contributed by atoms with van der Waals surface area (Å²) in [7, 11) is 0. The maximum absolute atomic E-state index is 5.36. The SMILES string of the molecule is c1ccc2c(c1)Sc1ccccc1C21c2ccccc2-c2c(-c3nc(-c4ccc5ccccc5c4)nc(-c4cccc5ccccc45)n3)cccc21.